The van der Waals surface area contributed by atoms with E-state index in [1.165, 1.54) is 77.5 Å². The molecule has 5 rings (SSSR count). The maximum absolute atomic E-state index is 15.8. The molecule has 1 saturated carbocycles. The second-order valence-corrected chi connectivity index (χ2v) is 13.6. The summed E-state index contributed by atoms with van der Waals surface area (Å²) >= 11 is 0. The maximum Gasteiger partial charge on any atom is 0.127 e. The van der Waals surface area contributed by atoms with Crippen molar-refractivity contribution in [3.8, 4) is 0 Å². The fourth-order valence-electron chi connectivity index (χ4n) is 7.86. The number of halogens is 2. The van der Waals surface area contributed by atoms with Crippen LogP contribution in [0, 0.1) is 16.7 Å². The van der Waals surface area contributed by atoms with Crippen LogP contribution in [-0.4, -0.2) is 110 Å². The molecule has 0 radical (unpaired) electrons. The monoisotopic (exact) mass is 480 g/mol. The fraction of sp³-hybridized carbons (Fsp3) is 1.00. The Morgan fingerprint density at radius 2 is 1.18 bits per heavy atom. The van der Waals surface area contributed by atoms with Crippen molar-refractivity contribution in [2.45, 2.75) is 82.3 Å². The summed E-state index contributed by atoms with van der Waals surface area (Å²) in [6.45, 7) is 11.2. The van der Waals surface area contributed by atoms with E-state index in [0.29, 0.717) is 30.2 Å². The van der Waals surface area contributed by atoms with Gasteiger partial charge in [0.25, 0.3) is 0 Å². The van der Waals surface area contributed by atoms with Crippen LogP contribution in [0.1, 0.15) is 71.1 Å². The Bertz CT molecular complexity index is 683. The van der Waals surface area contributed by atoms with Gasteiger partial charge >= 0.3 is 0 Å². The zero-order valence-electron chi connectivity index (χ0n) is 22.3. The predicted molar refractivity (Wildman–Crippen MR) is 136 cm³/mol. The van der Waals surface area contributed by atoms with E-state index in [-0.39, 0.29) is 12.6 Å². The summed E-state index contributed by atoms with van der Waals surface area (Å²) in [6.07, 6.45) is 11.3. The average Bonchev–Trinajstić information content (AvgIpc) is 3.47. The van der Waals surface area contributed by atoms with Crippen LogP contribution in [0.5, 0.6) is 0 Å². The van der Waals surface area contributed by atoms with Gasteiger partial charge in [0, 0.05) is 12.1 Å². The summed E-state index contributed by atoms with van der Waals surface area (Å²) < 4.78 is 30.3. The standard InChI is InChI=1S/C28H50F2N4/c1-25(22-29,34-18-10-27(11-19-34)6-14-32(3)15-7-27)20-24-21-28(24,30)23-33-16-8-26(9-17-33)4-12-31(2)13-5-26/h24H,4-23H2,1-3H3. The molecule has 0 aromatic heterocycles. The van der Waals surface area contributed by atoms with Crippen LogP contribution < -0.4 is 0 Å². The van der Waals surface area contributed by atoms with Crippen molar-refractivity contribution in [1.29, 1.82) is 0 Å². The fourth-order valence-corrected chi connectivity index (χ4v) is 7.86. The number of alkyl halides is 2. The molecule has 5 aliphatic rings. The van der Waals surface area contributed by atoms with Gasteiger partial charge in [0.05, 0.1) is 0 Å². The van der Waals surface area contributed by atoms with Crippen LogP contribution in [0.3, 0.4) is 0 Å². The van der Waals surface area contributed by atoms with Crippen molar-refractivity contribution in [3.05, 3.63) is 0 Å². The number of piperidine rings is 4. The first-order valence-electron chi connectivity index (χ1n) is 14.3. The van der Waals surface area contributed by atoms with Crippen molar-refractivity contribution in [2.75, 3.05) is 79.7 Å². The molecule has 0 aromatic rings. The van der Waals surface area contributed by atoms with Gasteiger partial charge in [-0.25, -0.2) is 8.78 Å². The van der Waals surface area contributed by atoms with Crippen LogP contribution in [-0.2, 0) is 0 Å². The van der Waals surface area contributed by atoms with Gasteiger partial charge in [-0.3, -0.25) is 4.90 Å². The van der Waals surface area contributed by atoms with Crippen LogP contribution in [0.15, 0.2) is 0 Å². The van der Waals surface area contributed by atoms with Crippen molar-refractivity contribution in [2.24, 2.45) is 16.7 Å². The van der Waals surface area contributed by atoms with Crippen LogP contribution >= 0.6 is 0 Å². The van der Waals surface area contributed by atoms with Crippen molar-refractivity contribution in [1.82, 2.24) is 19.6 Å². The highest BCUT2D eigenvalue weighted by Crippen LogP contribution is 2.54. The van der Waals surface area contributed by atoms with Crippen molar-refractivity contribution >= 4 is 0 Å². The third kappa shape index (κ3) is 5.21. The van der Waals surface area contributed by atoms with Crippen LogP contribution in [0.2, 0.25) is 0 Å². The Morgan fingerprint density at radius 1 is 0.735 bits per heavy atom. The number of hydrogen-bond acceptors (Lipinski definition) is 4. The van der Waals surface area contributed by atoms with E-state index in [2.05, 4.69) is 40.6 Å². The first-order valence-corrected chi connectivity index (χ1v) is 14.3. The summed E-state index contributed by atoms with van der Waals surface area (Å²) in [5, 5.41) is 0. The Labute approximate surface area is 207 Å². The zero-order chi connectivity index (χ0) is 24.0. The third-order valence-corrected chi connectivity index (χ3v) is 11.2. The Hall–Kier alpha value is -0.300. The highest BCUT2D eigenvalue weighted by Gasteiger charge is 2.59. The molecule has 4 nitrogen and oxygen atoms in total. The molecule has 4 heterocycles. The predicted octanol–water partition coefficient (Wildman–Crippen LogP) is 4.45. The highest BCUT2D eigenvalue weighted by atomic mass is 19.1. The summed E-state index contributed by atoms with van der Waals surface area (Å²) in [5.41, 5.74) is -0.588. The molecule has 0 amide bonds. The molecule has 3 unspecified atom stereocenters. The quantitative estimate of drug-likeness (QED) is 0.557. The first kappa shape index (κ1) is 25.4. The average molecular weight is 481 g/mol. The molecule has 34 heavy (non-hydrogen) atoms. The number of nitrogens with zero attached hydrogens (tertiary/aromatic N) is 4. The summed E-state index contributed by atoms with van der Waals surface area (Å²) in [4.78, 5) is 9.66. The number of likely N-dealkylation sites (tertiary alicyclic amines) is 4. The number of rotatable bonds is 6. The van der Waals surface area contributed by atoms with Crippen molar-refractivity contribution in [3.63, 3.8) is 0 Å². The molecule has 0 bridgehead atoms. The van der Waals surface area contributed by atoms with E-state index in [1.807, 2.05) is 0 Å². The smallest absolute Gasteiger partial charge is 0.127 e. The second-order valence-electron chi connectivity index (χ2n) is 13.6. The summed E-state index contributed by atoms with van der Waals surface area (Å²) in [7, 11) is 4.45. The molecule has 3 atom stereocenters. The van der Waals surface area contributed by atoms with Crippen molar-refractivity contribution < 1.29 is 8.78 Å². The Kier molecular flexibility index (Phi) is 7.11. The van der Waals surface area contributed by atoms with Crippen LogP contribution in [0.4, 0.5) is 8.78 Å². The number of hydrogen-bond donors (Lipinski definition) is 0. The van der Waals surface area contributed by atoms with Gasteiger partial charge in [0.15, 0.2) is 0 Å². The lowest BCUT2D eigenvalue weighted by Crippen LogP contribution is -2.55. The molecule has 196 valence electrons. The molecule has 6 heteroatoms. The van der Waals surface area contributed by atoms with Gasteiger partial charge in [-0.1, -0.05) is 0 Å². The van der Waals surface area contributed by atoms with E-state index in [1.54, 1.807) is 0 Å². The Balaban J connectivity index is 1.09. The molecule has 5 fully saturated rings. The second kappa shape index (κ2) is 9.54. The van der Waals surface area contributed by atoms with E-state index < -0.39 is 11.2 Å². The van der Waals surface area contributed by atoms with Crippen LogP contribution in [0.25, 0.3) is 0 Å². The molecule has 2 spiro atoms. The van der Waals surface area contributed by atoms with Gasteiger partial charge in [-0.15, -0.1) is 0 Å². The summed E-state index contributed by atoms with van der Waals surface area (Å²) in [6, 6.07) is 0. The van der Waals surface area contributed by atoms with E-state index in [4.69, 9.17) is 0 Å². The molecule has 1 aliphatic carbocycles. The molecular formula is C28H50F2N4. The topological polar surface area (TPSA) is 13.0 Å². The summed E-state index contributed by atoms with van der Waals surface area (Å²) in [5.74, 6) is 0.0340. The van der Waals surface area contributed by atoms with E-state index >= 15 is 4.39 Å². The Morgan fingerprint density at radius 3 is 1.65 bits per heavy atom. The van der Waals surface area contributed by atoms with E-state index in [0.717, 1.165) is 26.2 Å². The van der Waals surface area contributed by atoms with Gasteiger partial charge in [0.1, 0.15) is 12.3 Å². The largest absolute Gasteiger partial charge is 0.306 e. The highest BCUT2D eigenvalue weighted by molar-refractivity contribution is 5.10. The molecule has 4 aliphatic heterocycles. The van der Waals surface area contributed by atoms with Gasteiger partial charge in [-0.05, 0) is 154 Å². The van der Waals surface area contributed by atoms with E-state index in [9.17, 15) is 4.39 Å². The molecule has 0 aromatic carbocycles. The van der Waals surface area contributed by atoms with Gasteiger partial charge in [-0.2, -0.15) is 0 Å². The normalized spacial score (nSPS) is 37.1. The molecule has 4 saturated heterocycles. The lowest BCUT2D eigenvalue weighted by atomic mass is 9.70. The minimum atomic E-state index is -1.08. The van der Waals surface area contributed by atoms with Gasteiger partial charge < -0.3 is 14.7 Å². The lowest BCUT2D eigenvalue weighted by Gasteiger charge is -2.50. The molecule has 0 N–H and O–H groups in total. The maximum atomic E-state index is 15.8. The first-order chi connectivity index (χ1) is 16.2. The SMILES string of the molecule is CN1CCC2(CC1)CCN(CC1(F)CC1CC(C)(CF)N1CCC3(CCN(C)CC3)CC1)CC2. The zero-order valence-corrected chi connectivity index (χ0v) is 22.3. The third-order valence-electron chi connectivity index (χ3n) is 11.2. The molecular weight excluding hydrogens is 430 g/mol. The lowest BCUT2D eigenvalue weighted by molar-refractivity contribution is -0.0207. The minimum Gasteiger partial charge on any atom is -0.306 e. The van der Waals surface area contributed by atoms with Gasteiger partial charge in [0.2, 0.25) is 0 Å². The minimum absolute atomic E-state index is 0.0340.